The Kier molecular flexibility index (Phi) is 5.72. The zero-order valence-corrected chi connectivity index (χ0v) is 14.0. The number of hydrogen-bond acceptors (Lipinski definition) is 5. The van der Waals surface area contributed by atoms with Crippen LogP contribution in [0.5, 0.6) is 5.88 Å². The molecule has 1 amide bonds. The number of piperidine rings is 1. The third-order valence-electron chi connectivity index (χ3n) is 4.29. The molecule has 2 aromatic rings. The van der Waals surface area contributed by atoms with Gasteiger partial charge in [-0.1, -0.05) is 30.3 Å². The van der Waals surface area contributed by atoms with E-state index in [1.54, 1.807) is 30.5 Å². The van der Waals surface area contributed by atoms with Crippen molar-refractivity contribution in [2.75, 3.05) is 13.1 Å². The van der Waals surface area contributed by atoms with Crippen LogP contribution in [0.15, 0.2) is 48.7 Å². The number of hydrogen-bond donors (Lipinski definition) is 0. The summed E-state index contributed by atoms with van der Waals surface area (Å²) in [5, 5.41) is 7.70. The minimum Gasteiger partial charge on any atom is -0.473 e. The Labute approximate surface area is 146 Å². The monoisotopic (exact) mass is 339 g/mol. The van der Waals surface area contributed by atoms with E-state index in [2.05, 4.69) is 10.2 Å². The summed E-state index contributed by atoms with van der Waals surface area (Å²) in [4.78, 5) is 26.2. The Balaban J connectivity index is 1.42. The number of rotatable bonds is 6. The van der Waals surface area contributed by atoms with Gasteiger partial charge in [-0.05, 0) is 6.07 Å². The lowest BCUT2D eigenvalue weighted by molar-refractivity contribution is -0.132. The Morgan fingerprint density at radius 3 is 2.48 bits per heavy atom. The molecular weight excluding hydrogens is 318 g/mol. The maximum absolute atomic E-state index is 12.3. The van der Waals surface area contributed by atoms with Crippen molar-refractivity contribution >= 4 is 11.7 Å². The van der Waals surface area contributed by atoms with E-state index in [-0.39, 0.29) is 30.6 Å². The number of carbonyl (C=O) groups is 2. The van der Waals surface area contributed by atoms with E-state index in [1.807, 2.05) is 23.1 Å². The van der Waals surface area contributed by atoms with E-state index in [1.165, 1.54) is 0 Å². The van der Waals surface area contributed by atoms with Gasteiger partial charge in [-0.2, -0.15) is 5.10 Å². The molecule has 0 aliphatic carbocycles. The number of Topliss-reactive ketones (excluding diaryl/α,β-unsaturated/α-hetero) is 1. The van der Waals surface area contributed by atoms with E-state index in [0.29, 0.717) is 24.5 Å². The lowest BCUT2D eigenvalue weighted by atomic mass is 10.0. The van der Waals surface area contributed by atoms with Gasteiger partial charge >= 0.3 is 0 Å². The number of ketones is 1. The van der Waals surface area contributed by atoms with E-state index >= 15 is 0 Å². The molecule has 1 fully saturated rings. The first-order chi connectivity index (χ1) is 12.2. The van der Waals surface area contributed by atoms with Crippen LogP contribution in [0, 0.1) is 0 Å². The minimum atomic E-state index is 0.00909. The lowest BCUT2D eigenvalue weighted by Gasteiger charge is -2.31. The molecule has 0 unspecified atom stereocenters. The molecule has 0 spiro atoms. The van der Waals surface area contributed by atoms with Gasteiger partial charge in [0.1, 0.15) is 6.10 Å². The first kappa shape index (κ1) is 17.1. The number of likely N-dealkylation sites (tertiary alicyclic amines) is 1. The summed E-state index contributed by atoms with van der Waals surface area (Å²) >= 11 is 0. The summed E-state index contributed by atoms with van der Waals surface area (Å²) in [6, 6.07) is 12.7. The molecule has 1 aliphatic heterocycles. The fourth-order valence-corrected chi connectivity index (χ4v) is 2.89. The SMILES string of the molecule is O=C(CCC(=O)N1CCC(Oc2cccnn2)CC1)c1ccccc1. The number of nitrogens with zero attached hydrogens (tertiary/aromatic N) is 3. The number of benzene rings is 1. The van der Waals surface area contributed by atoms with E-state index in [9.17, 15) is 9.59 Å². The highest BCUT2D eigenvalue weighted by atomic mass is 16.5. The van der Waals surface area contributed by atoms with Gasteiger partial charge in [0, 0.05) is 56.6 Å². The second kappa shape index (κ2) is 8.37. The Bertz CT molecular complexity index is 698. The van der Waals surface area contributed by atoms with Crippen molar-refractivity contribution in [2.45, 2.75) is 31.8 Å². The topological polar surface area (TPSA) is 72.4 Å². The second-order valence-corrected chi connectivity index (χ2v) is 6.05. The summed E-state index contributed by atoms with van der Waals surface area (Å²) in [6.07, 6.45) is 3.67. The molecular formula is C19H21N3O3. The first-order valence-corrected chi connectivity index (χ1v) is 8.53. The van der Waals surface area contributed by atoms with Crippen LogP contribution in [0.1, 0.15) is 36.0 Å². The average Bonchev–Trinajstić information content (AvgIpc) is 2.68. The van der Waals surface area contributed by atoms with Crippen LogP contribution in [-0.2, 0) is 4.79 Å². The number of carbonyl (C=O) groups excluding carboxylic acids is 2. The van der Waals surface area contributed by atoms with Gasteiger partial charge in [0.15, 0.2) is 5.78 Å². The molecule has 0 radical (unpaired) electrons. The van der Waals surface area contributed by atoms with Crippen LogP contribution in [0.2, 0.25) is 0 Å². The van der Waals surface area contributed by atoms with Crippen LogP contribution in [0.3, 0.4) is 0 Å². The summed E-state index contributed by atoms with van der Waals surface area (Å²) < 4.78 is 5.77. The van der Waals surface area contributed by atoms with Gasteiger partial charge < -0.3 is 9.64 Å². The Morgan fingerprint density at radius 2 is 1.80 bits per heavy atom. The Morgan fingerprint density at radius 1 is 1.04 bits per heavy atom. The third kappa shape index (κ3) is 4.86. The van der Waals surface area contributed by atoms with Gasteiger partial charge in [-0.3, -0.25) is 9.59 Å². The van der Waals surface area contributed by atoms with Gasteiger partial charge in [0.05, 0.1) is 0 Å². The smallest absolute Gasteiger partial charge is 0.233 e. The van der Waals surface area contributed by atoms with Crippen LogP contribution in [-0.4, -0.2) is 46.0 Å². The van der Waals surface area contributed by atoms with Gasteiger partial charge in [-0.15, -0.1) is 5.10 Å². The van der Waals surface area contributed by atoms with Crippen molar-refractivity contribution in [1.82, 2.24) is 15.1 Å². The van der Waals surface area contributed by atoms with Crippen molar-refractivity contribution in [1.29, 1.82) is 0 Å². The molecule has 0 saturated carbocycles. The highest BCUT2D eigenvalue weighted by Crippen LogP contribution is 2.17. The molecule has 130 valence electrons. The van der Waals surface area contributed by atoms with Crippen molar-refractivity contribution in [2.24, 2.45) is 0 Å². The quantitative estimate of drug-likeness (QED) is 0.756. The van der Waals surface area contributed by atoms with Crippen LogP contribution >= 0.6 is 0 Å². The van der Waals surface area contributed by atoms with E-state index in [0.717, 1.165) is 12.8 Å². The molecule has 1 saturated heterocycles. The van der Waals surface area contributed by atoms with Crippen molar-refractivity contribution in [3.63, 3.8) is 0 Å². The zero-order chi connectivity index (χ0) is 17.5. The summed E-state index contributed by atoms with van der Waals surface area (Å²) in [6.45, 7) is 1.28. The standard InChI is InChI=1S/C19H21N3O3/c23-17(15-5-2-1-3-6-15)8-9-19(24)22-13-10-16(11-14-22)25-18-7-4-12-20-21-18/h1-7,12,16H,8-11,13-14H2. The zero-order valence-electron chi connectivity index (χ0n) is 14.0. The summed E-state index contributed by atoms with van der Waals surface area (Å²) in [7, 11) is 0. The Hall–Kier alpha value is -2.76. The van der Waals surface area contributed by atoms with Crippen LogP contribution in [0.25, 0.3) is 0 Å². The molecule has 1 aliphatic rings. The normalized spacial score (nSPS) is 15.0. The van der Waals surface area contributed by atoms with Gasteiger partial charge in [-0.25, -0.2) is 0 Å². The molecule has 6 nitrogen and oxygen atoms in total. The largest absolute Gasteiger partial charge is 0.473 e. The third-order valence-corrected chi connectivity index (χ3v) is 4.29. The lowest BCUT2D eigenvalue weighted by Crippen LogP contribution is -2.41. The maximum Gasteiger partial charge on any atom is 0.233 e. The molecule has 3 rings (SSSR count). The number of ether oxygens (including phenoxy) is 1. The first-order valence-electron chi connectivity index (χ1n) is 8.53. The predicted molar refractivity (Wildman–Crippen MR) is 92.3 cm³/mol. The molecule has 6 heteroatoms. The number of aromatic nitrogens is 2. The molecule has 1 aromatic carbocycles. The molecule has 0 N–H and O–H groups in total. The molecule has 1 aromatic heterocycles. The molecule has 25 heavy (non-hydrogen) atoms. The maximum atomic E-state index is 12.3. The van der Waals surface area contributed by atoms with Gasteiger partial charge in [0.2, 0.25) is 11.8 Å². The summed E-state index contributed by atoms with van der Waals surface area (Å²) in [5.74, 6) is 0.554. The van der Waals surface area contributed by atoms with Crippen LogP contribution < -0.4 is 4.74 Å². The van der Waals surface area contributed by atoms with Crippen LogP contribution in [0.4, 0.5) is 0 Å². The number of amides is 1. The highest BCUT2D eigenvalue weighted by Gasteiger charge is 2.24. The average molecular weight is 339 g/mol. The highest BCUT2D eigenvalue weighted by molar-refractivity contribution is 5.97. The predicted octanol–water partition coefficient (Wildman–Crippen LogP) is 2.51. The fourth-order valence-electron chi connectivity index (χ4n) is 2.89. The van der Waals surface area contributed by atoms with Crippen molar-refractivity contribution < 1.29 is 14.3 Å². The summed E-state index contributed by atoms with van der Waals surface area (Å²) in [5.41, 5.74) is 0.659. The van der Waals surface area contributed by atoms with Gasteiger partial charge in [0.25, 0.3) is 0 Å². The molecule has 0 bridgehead atoms. The van der Waals surface area contributed by atoms with Crippen molar-refractivity contribution in [3.8, 4) is 5.88 Å². The minimum absolute atomic E-state index is 0.00909. The van der Waals surface area contributed by atoms with E-state index < -0.39 is 0 Å². The molecule has 2 heterocycles. The van der Waals surface area contributed by atoms with E-state index in [4.69, 9.17) is 4.74 Å². The fraction of sp³-hybridized carbons (Fsp3) is 0.368. The molecule has 0 atom stereocenters. The van der Waals surface area contributed by atoms with Crippen molar-refractivity contribution in [3.05, 3.63) is 54.2 Å². The second-order valence-electron chi connectivity index (χ2n) is 6.05.